The van der Waals surface area contributed by atoms with Gasteiger partial charge in [0.15, 0.2) is 0 Å². The van der Waals surface area contributed by atoms with E-state index in [1.807, 2.05) is 30.3 Å². The zero-order valence-corrected chi connectivity index (χ0v) is 11.6. The number of rotatable bonds is 2. The van der Waals surface area contributed by atoms with Crippen molar-refractivity contribution < 1.29 is 4.74 Å². The van der Waals surface area contributed by atoms with Crippen LogP contribution in [0.15, 0.2) is 42.5 Å². The first kappa shape index (κ1) is 12.1. The Morgan fingerprint density at radius 2 is 1.89 bits per heavy atom. The van der Waals surface area contributed by atoms with Gasteiger partial charge in [-0.2, -0.15) is 0 Å². The molecule has 0 bridgehead atoms. The quantitative estimate of drug-likeness (QED) is 0.711. The van der Waals surface area contributed by atoms with Crippen LogP contribution in [0.3, 0.4) is 0 Å². The number of benzene rings is 2. The number of hydrogen-bond acceptors (Lipinski definition) is 1. The Kier molecular flexibility index (Phi) is 2.96. The molecule has 19 heavy (non-hydrogen) atoms. The highest BCUT2D eigenvalue weighted by atomic mass is 35.5. The molecule has 0 aliphatic rings. The molecule has 0 atom stereocenters. The standard InChI is InChI=1S/C16H14ClNO/c1-10-3-6-16(19-2)13(7-10)15-9-11-8-12(17)4-5-14(11)18-15/h3-9,18H,1-2H3. The minimum absolute atomic E-state index is 0.745. The zero-order chi connectivity index (χ0) is 13.4. The van der Waals surface area contributed by atoms with Crippen molar-refractivity contribution in [2.75, 3.05) is 7.11 Å². The fourth-order valence-electron chi connectivity index (χ4n) is 2.28. The van der Waals surface area contributed by atoms with Crippen LogP contribution in [-0.2, 0) is 0 Å². The van der Waals surface area contributed by atoms with Gasteiger partial charge in [0, 0.05) is 21.5 Å². The third kappa shape index (κ3) is 2.20. The number of ether oxygens (including phenoxy) is 1. The number of fused-ring (bicyclic) bond motifs is 1. The van der Waals surface area contributed by atoms with Gasteiger partial charge in [0.05, 0.1) is 12.8 Å². The van der Waals surface area contributed by atoms with Gasteiger partial charge in [-0.15, -0.1) is 0 Å². The molecule has 0 aliphatic heterocycles. The Hall–Kier alpha value is -1.93. The molecule has 0 amide bonds. The second kappa shape index (κ2) is 4.63. The van der Waals surface area contributed by atoms with Gasteiger partial charge in [0.25, 0.3) is 0 Å². The van der Waals surface area contributed by atoms with E-state index in [9.17, 15) is 0 Å². The summed E-state index contributed by atoms with van der Waals surface area (Å²) in [5.41, 5.74) is 4.38. The lowest BCUT2D eigenvalue weighted by Crippen LogP contribution is -1.88. The summed E-state index contributed by atoms with van der Waals surface area (Å²) in [6, 6.07) is 14.1. The molecule has 0 radical (unpaired) electrons. The molecule has 3 heteroatoms. The molecule has 0 unspecified atom stereocenters. The topological polar surface area (TPSA) is 25.0 Å². The maximum atomic E-state index is 6.02. The Balaban J connectivity index is 2.21. The predicted molar refractivity (Wildman–Crippen MR) is 80.0 cm³/mol. The van der Waals surface area contributed by atoms with Crippen LogP contribution in [0.5, 0.6) is 5.75 Å². The Morgan fingerprint density at radius 1 is 1.05 bits per heavy atom. The molecule has 1 N–H and O–H groups in total. The van der Waals surface area contributed by atoms with Crippen molar-refractivity contribution in [2.45, 2.75) is 6.92 Å². The van der Waals surface area contributed by atoms with Crippen LogP contribution in [0.1, 0.15) is 5.56 Å². The molecule has 1 aromatic heterocycles. The number of aromatic amines is 1. The summed E-state index contributed by atoms with van der Waals surface area (Å²) in [7, 11) is 1.69. The van der Waals surface area contributed by atoms with Crippen LogP contribution in [0.25, 0.3) is 22.2 Å². The van der Waals surface area contributed by atoms with Crippen molar-refractivity contribution in [3.05, 3.63) is 53.1 Å². The van der Waals surface area contributed by atoms with E-state index in [-0.39, 0.29) is 0 Å². The number of aryl methyl sites for hydroxylation is 1. The zero-order valence-electron chi connectivity index (χ0n) is 10.8. The molecule has 2 nitrogen and oxygen atoms in total. The number of methoxy groups -OCH3 is 1. The summed E-state index contributed by atoms with van der Waals surface area (Å²) in [6.07, 6.45) is 0. The van der Waals surface area contributed by atoms with Gasteiger partial charge in [-0.25, -0.2) is 0 Å². The van der Waals surface area contributed by atoms with Gasteiger partial charge in [-0.1, -0.05) is 23.2 Å². The van der Waals surface area contributed by atoms with Gasteiger partial charge in [0.2, 0.25) is 0 Å². The molecule has 0 saturated heterocycles. The van der Waals surface area contributed by atoms with Gasteiger partial charge < -0.3 is 9.72 Å². The summed E-state index contributed by atoms with van der Waals surface area (Å²) in [4.78, 5) is 3.40. The fourth-order valence-corrected chi connectivity index (χ4v) is 2.46. The minimum Gasteiger partial charge on any atom is -0.496 e. The summed E-state index contributed by atoms with van der Waals surface area (Å²) < 4.78 is 5.43. The number of hydrogen-bond donors (Lipinski definition) is 1. The van der Waals surface area contributed by atoms with Crippen molar-refractivity contribution >= 4 is 22.5 Å². The maximum absolute atomic E-state index is 6.02. The van der Waals surface area contributed by atoms with Crippen LogP contribution < -0.4 is 4.74 Å². The van der Waals surface area contributed by atoms with E-state index in [0.717, 1.165) is 32.9 Å². The highest BCUT2D eigenvalue weighted by Gasteiger charge is 2.09. The lowest BCUT2D eigenvalue weighted by molar-refractivity contribution is 0.416. The van der Waals surface area contributed by atoms with Crippen molar-refractivity contribution in [1.82, 2.24) is 4.98 Å². The molecule has 0 spiro atoms. The molecular formula is C16H14ClNO. The average Bonchev–Trinajstić information content (AvgIpc) is 2.81. The van der Waals surface area contributed by atoms with Crippen LogP contribution in [0.2, 0.25) is 5.02 Å². The normalized spacial score (nSPS) is 10.9. The van der Waals surface area contributed by atoms with Crippen molar-refractivity contribution in [1.29, 1.82) is 0 Å². The minimum atomic E-state index is 0.745. The van der Waals surface area contributed by atoms with E-state index in [1.54, 1.807) is 7.11 Å². The Labute approximate surface area is 117 Å². The van der Waals surface area contributed by atoms with E-state index < -0.39 is 0 Å². The van der Waals surface area contributed by atoms with E-state index >= 15 is 0 Å². The Bertz CT molecular complexity index is 746. The highest BCUT2D eigenvalue weighted by Crippen LogP contribution is 2.33. The molecule has 2 aromatic carbocycles. The van der Waals surface area contributed by atoms with Gasteiger partial charge in [-0.3, -0.25) is 0 Å². The van der Waals surface area contributed by atoms with Crippen LogP contribution in [-0.4, -0.2) is 12.1 Å². The fraction of sp³-hybridized carbons (Fsp3) is 0.125. The lowest BCUT2D eigenvalue weighted by atomic mass is 10.1. The average molecular weight is 272 g/mol. The third-order valence-electron chi connectivity index (χ3n) is 3.23. The van der Waals surface area contributed by atoms with Crippen LogP contribution in [0.4, 0.5) is 0 Å². The van der Waals surface area contributed by atoms with Crippen LogP contribution in [0, 0.1) is 6.92 Å². The van der Waals surface area contributed by atoms with Gasteiger partial charge in [0.1, 0.15) is 5.75 Å². The molecule has 3 aromatic rings. The van der Waals surface area contributed by atoms with Gasteiger partial charge in [-0.05, 0) is 43.3 Å². The molecule has 1 heterocycles. The van der Waals surface area contributed by atoms with Crippen molar-refractivity contribution in [2.24, 2.45) is 0 Å². The second-order valence-electron chi connectivity index (χ2n) is 4.62. The number of aromatic nitrogens is 1. The maximum Gasteiger partial charge on any atom is 0.128 e. The summed E-state index contributed by atoms with van der Waals surface area (Å²) in [6.45, 7) is 2.07. The van der Waals surface area contributed by atoms with Crippen molar-refractivity contribution in [3.8, 4) is 17.0 Å². The largest absolute Gasteiger partial charge is 0.496 e. The first-order valence-electron chi connectivity index (χ1n) is 6.10. The van der Waals surface area contributed by atoms with E-state index in [1.165, 1.54) is 5.56 Å². The second-order valence-corrected chi connectivity index (χ2v) is 5.05. The number of nitrogens with one attached hydrogen (secondary N) is 1. The smallest absolute Gasteiger partial charge is 0.128 e. The van der Waals surface area contributed by atoms with Crippen molar-refractivity contribution in [3.63, 3.8) is 0 Å². The first-order chi connectivity index (χ1) is 9.17. The Morgan fingerprint density at radius 3 is 2.68 bits per heavy atom. The predicted octanol–water partition coefficient (Wildman–Crippen LogP) is 4.81. The lowest BCUT2D eigenvalue weighted by Gasteiger charge is -2.07. The molecule has 96 valence electrons. The number of halogens is 1. The van der Waals surface area contributed by atoms with E-state index in [4.69, 9.17) is 16.3 Å². The molecular weight excluding hydrogens is 258 g/mol. The van der Waals surface area contributed by atoms with Crippen LogP contribution >= 0.6 is 11.6 Å². The first-order valence-corrected chi connectivity index (χ1v) is 6.48. The number of H-pyrrole nitrogens is 1. The third-order valence-corrected chi connectivity index (χ3v) is 3.46. The van der Waals surface area contributed by atoms with Gasteiger partial charge >= 0.3 is 0 Å². The SMILES string of the molecule is COc1ccc(C)cc1-c1cc2cc(Cl)ccc2[nH]1. The molecule has 0 saturated carbocycles. The summed E-state index contributed by atoms with van der Waals surface area (Å²) in [5, 5.41) is 1.85. The summed E-state index contributed by atoms with van der Waals surface area (Å²) in [5.74, 6) is 0.864. The highest BCUT2D eigenvalue weighted by molar-refractivity contribution is 6.31. The molecule has 0 fully saturated rings. The van der Waals surface area contributed by atoms with E-state index in [0.29, 0.717) is 0 Å². The molecule has 3 rings (SSSR count). The summed E-state index contributed by atoms with van der Waals surface area (Å²) >= 11 is 6.02. The monoisotopic (exact) mass is 271 g/mol. The van der Waals surface area contributed by atoms with E-state index in [2.05, 4.69) is 24.0 Å². The molecule has 0 aliphatic carbocycles.